The Morgan fingerprint density at radius 2 is 1.79 bits per heavy atom. The molecule has 0 bridgehead atoms. The van der Waals surface area contributed by atoms with Crippen LogP contribution in [0.15, 0.2) is 41.3 Å². The highest BCUT2D eigenvalue weighted by Crippen LogP contribution is 2.30. The van der Waals surface area contributed by atoms with Gasteiger partial charge in [-0.2, -0.15) is 0 Å². The van der Waals surface area contributed by atoms with Crippen LogP contribution in [-0.2, 0) is 14.8 Å². The molecular formula is C20H23N3O5S. The number of amides is 1. The topological polar surface area (TPSA) is 118 Å². The third kappa shape index (κ3) is 4.80. The molecule has 9 heteroatoms. The average Bonchev–Trinajstić information content (AvgIpc) is 3.49. The fourth-order valence-electron chi connectivity index (χ4n) is 3.00. The quantitative estimate of drug-likeness (QED) is 0.527. The van der Waals surface area contributed by atoms with Crippen molar-refractivity contribution in [2.75, 3.05) is 5.32 Å². The van der Waals surface area contributed by atoms with Crippen molar-refractivity contribution in [2.45, 2.75) is 44.6 Å². The lowest BCUT2D eigenvalue weighted by molar-refractivity contribution is -0.385. The first-order valence-corrected chi connectivity index (χ1v) is 10.8. The normalized spacial score (nSPS) is 15.0. The van der Waals surface area contributed by atoms with Gasteiger partial charge in [0.15, 0.2) is 0 Å². The summed E-state index contributed by atoms with van der Waals surface area (Å²) in [6.45, 7) is 4.95. The first kappa shape index (κ1) is 20.9. The number of carbonyl (C=O) groups excluding carboxylic acids is 1. The number of nitro groups is 1. The third-order valence-corrected chi connectivity index (χ3v) is 6.73. The highest BCUT2D eigenvalue weighted by Gasteiger charge is 2.29. The largest absolute Gasteiger partial charge is 0.326 e. The molecule has 2 aromatic rings. The molecule has 0 aromatic heterocycles. The molecule has 0 heterocycles. The van der Waals surface area contributed by atoms with E-state index in [1.54, 1.807) is 45.0 Å². The molecule has 29 heavy (non-hydrogen) atoms. The Hall–Kier alpha value is -2.78. The second kappa shape index (κ2) is 7.92. The number of nitro benzene ring substituents is 1. The van der Waals surface area contributed by atoms with E-state index < -0.39 is 21.0 Å². The summed E-state index contributed by atoms with van der Waals surface area (Å²) in [7, 11) is -3.97. The lowest BCUT2D eigenvalue weighted by atomic mass is 10.1. The van der Waals surface area contributed by atoms with Gasteiger partial charge in [0.25, 0.3) is 5.69 Å². The van der Waals surface area contributed by atoms with Crippen molar-refractivity contribution in [3.63, 3.8) is 0 Å². The van der Waals surface area contributed by atoms with Crippen LogP contribution in [0, 0.1) is 29.9 Å². The van der Waals surface area contributed by atoms with Crippen LogP contribution in [0.2, 0.25) is 0 Å². The number of hydrogen-bond donors (Lipinski definition) is 2. The molecule has 1 atom stereocenters. The molecule has 0 aliphatic heterocycles. The van der Waals surface area contributed by atoms with Gasteiger partial charge in [-0.05, 0) is 62.4 Å². The molecule has 1 fully saturated rings. The Kier molecular flexibility index (Phi) is 5.72. The van der Waals surface area contributed by atoms with Crippen molar-refractivity contribution >= 4 is 27.3 Å². The fraction of sp³-hybridized carbons (Fsp3) is 0.350. The Bertz CT molecular complexity index is 1060. The molecule has 154 valence electrons. The van der Waals surface area contributed by atoms with E-state index in [-0.39, 0.29) is 22.4 Å². The Labute approximate surface area is 169 Å². The Balaban J connectivity index is 1.78. The van der Waals surface area contributed by atoms with Crippen molar-refractivity contribution in [1.82, 2.24) is 4.72 Å². The van der Waals surface area contributed by atoms with Crippen molar-refractivity contribution in [2.24, 2.45) is 5.92 Å². The molecule has 3 rings (SSSR count). The van der Waals surface area contributed by atoms with Gasteiger partial charge in [-0.15, -0.1) is 0 Å². The predicted molar refractivity (Wildman–Crippen MR) is 109 cm³/mol. The zero-order valence-corrected chi connectivity index (χ0v) is 17.2. The maximum absolute atomic E-state index is 12.9. The van der Waals surface area contributed by atoms with Crippen LogP contribution in [0.1, 0.15) is 42.5 Å². The van der Waals surface area contributed by atoms with Gasteiger partial charge in [-0.1, -0.05) is 12.1 Å². The first-order chi connectivity index (χ1) is 13.6. The lowest BCUT2D eigenvalue weighted by Crippen LogP contribution is -2.27. The van der Waals surface area contributed by atoms with Crippen LogP contribution in [0.4, 0.5) is 11.4 Å². The highest BCUT2D eigenvalue weighted by atomic mass is 32.2. The molecule has 8 nitrogen and oxygen atoms in total. The van der Waals surface area contributed by atoms with Gasteiger partial charge in [-0.25, -0.2) is 13.1 Å². The zero-order chi connectivity index (χ0) is 21.3. The maximum Gasteiger partial charge on any atom is 0.271 e. The van der Waals surface area contributed by atoms with Crippen LogP contribution in [-0.4, -0.2) is 19.2 Å². The van der Waals surface area contributed by atoms with Crippen molar-refractivity contribution < 1.29 is 18.1 Å². The van der Waals surface area contributed by atoms with Gasteiger partial charge in [0.1, 0.15) is 0 Å². The number of rotatable bonds is 7. The van der Waals surface area contributed by atoms with Crippen LogP contribution in [0.5, 0.6) is 0 Å². The number of nitrogens with zero attached hydrogens (tertiary/aromatic N) is 1. The molecule has 0 spiro atoms. The van der Waals surface area contributed by atoms with Crippen LogP contribution >= 0.6 is 0 Å². The smallest absolute Gasteiger partial charge is 0.271 e. The Morgan fingerprint density at radius 3 is 2.34 bits per heavy atom. The Morgan fingerprint density at radius 1 is 1.17 bits per heavy atom. The summed E-state index contributed by atoms with van der Waals surface area (Å²) >= 11 is 0. The highest BCUT2D eigenvalue weighted by molar-refractivity contribution is 7.89. The standard InChI is InChI=1S/C20H23N3O5S/c1-12-10-18(23(25)26)11-19(13(12)2)29(27,28)22-14(3)15-6-8-17(9-7-15)21-20(24)16-4-5-16/h6-11,14,16,22H,4-5H2,1-3H3,(H,21,24). The summed E-state index contributed by atoms with van der Waals surface area (Å²) in [5.74, 6) is 0.102. The summed E-state index contributed by atoms with van der Waals surface area (Å²) in [6, 6.07) is 8.79. The number of nitrogens with one attached hydrogen (secondary N) is 2. The molecular weight excluding hydrogens is 394 g/mol. The minimum absolute atomic E-state index is 0.00279. The molecule has 1 unspecified atom stereocenters. The first-order valence-electron chi connectivity index (χ1n) is 9.27. The van der Waals surface area contributed by atoms with Gasteiger partial charge < -0.3 is 5.32 Å². The van der Waals surface area contributed by atoms with Gasteiger partial charge in [0, 0.05) is 29.8 Å². The monoisotopic (exact) mass is 417 g/mol. The van der Waals surface area contributed by atoms with Gasteiger partial charge >= 0.3 is 0 Å². The lowest BCUT2D eigenvalue weighted by Gasteiger charge is -2.17. The summed E-state index contributed by atoms with van der Waals surface area (Å²) < 4.78 is 28.3. The van der Waals surface area contributed by atoms with E-state index in [2.05, 4.69) is 10.0 Å². The molecule has 2 aromatic carbocycles. The molecule has 0 saturated heterocycles. The number of non-ortho nitro benzene ring substituents is 1. The SMILES string of the molecule is Cc1cc([N+](=O)[O-])cc(S(=O)(=O)NC(C)c2ccc(NC(=O)C3CC3)cc2)c1C. The third-order valence-electron chi connectivity index (χ3n) is 5.06. The second-order valence-corrected chi connectivity index (χ2v) is 9.05. The van der Waals surface area contributed by atoms with Gasteiger partial charge in [0.2, 0.25) is 15.9 Å². The van der Waals surface area contributed by atoms with Gasteiger partial charge in [0.05, 0.1) is 9.82 Å². The minimum Gasteiger partial charge on any atom is -0.326 e. The number of anilines is 1. The fourth-order valence-corrected chi connectivity index (χ4v) is 4.57. The zero-order valence-electron chi connectivity index (χ0n) is 16.4. The van der Waals surface area contributed by atoms with Crippen molar-refractivity contribution in [3.05, 3.63) is 63.2 Å². The van der Waals surface area contributed by atoms with E-state index in [4.69, 9.17) is 0 Å². The van der Waals surface area contributed by atoms with E-state index in [9.17, 15) is 23.3 Å². The summed E-state index contributed by atoms with van der Waals surface area (Å²) in [6.07, 6.45) is 1.83. The van der Waals surface area contributed by atoms with E-state index in [1.807, 2.05) is 0 Å². The molecule has 1 saturated carbocycles. The van der Waals surface area contributed by atoms with E-state index in [0.717, 1.165) is 18.9 Å². The predicted octanol–water partition coefficient (Wildman–Crippen LogP) is 3.60. The second-order valence-electron chi connectivity index (χ2n) is 7.37. The molecule has 1 aliphatic rings. The number of hydrogen-bond acceptors (Lipinski definition) is 5. The van der Waals surface area contributed by atoms with E-state index in [0.29, 0.717) is 22.4 Å². The summed E-state index contributed by atoms with van der Waals surface area (Å²) in [5.41, 5.74) is 2.09. The number of carbonyl (C=O) groups is 1. The summed E-state index contributed by atoms with van der Waals surface area (Å²) in [5, 5.41) is 13.9. The van der Waals surface area contributed by atoms with Crippen LogP contribution < -0.4 is 10.0 Å². The molecule has 1 amide bonds. The number of aryl methyl sites for hydroxylation is 1. The molecule has 2 N–H and O–H groups in total. The average molecular weight is 417 g/mol. The van der Waals surface area contributed by atoms with Gasteiger partial charge in [-0.3, -0.25) is 14.9 Å². The number of benzene rings is 2. The number of sulfonamides is 1. The van der Waals surface area contributed by atoms with E-state index >= 15 is 0 Å². The van der Waals surface area contributed by atoms with E-state index in [1.165, 1.54) is 6.07 Å². The molecule has 0 radical (unpaired) electrons. The van der Waals surface area contributed by atoms with Crippen LogP contribution in [0.25, 0.3) is 0 Å². The summed E-state index contributed by atoms with van der Waals surface area (Å²) in [4.78, 5) is 22.2. The van der Waals surface area contributed by atoms with Crippen molar-refractivity contribution in [1.29, 1.82) is 0 Å². The maximum atomic E-state index is 12.9. The molecule has 1 aliphatic carbocycles. The van der Waals surface area contributed by atoms with Crippen molar-refractivity contribution in [3.8, 4) is 0 Å². The van der Waals surface area contributed by atoms with Crippen LogP contribution in [0.3, 0.4) is 0 Å². The minimum atomic E-state index is -3.97.